The summed E-state index contributed by atoms with van der Waals surface area (Å²) in [6.45, 7) is 6.96. The summed E-state index contributed by atoms with van der Waals surface area (Å²) in [5, 5.41) is 6.82. The summed E-state index contributed by atoms with van der Waals surface area (Å²) >= 11 is 0. The first-order chi connectivity index (χ1) is 17.7. The number of hydrogen-bond donors (Lipinski definition) is 3. The van der Waals surface area contributed by atoms with Crippen molar-refractivity contribution < 1.29 is 14.2 Å². The number of ether oxygens (including phenoxy) is 3. The van der Waals surface area contributed by atoms with Gasteiger partial charge in [-0.1, -0.05) is 6.07 Å². The Kier molecular flexibility index (Phi) is 8.12. The third-order valence-electron chi connectivity index (χ3n) is 6.40. The standard InChI is InChI=1S/C27H34N6O3/c28-24-18-20(4-5-26(24)36-23-7-14-34-15-8-23)25-6-9-30-27(32-25)31-22-3-1-2-21(19-22)29-10-11-33-12-16-35-17-13-33/h1-6,9,18-19,23,29H,7-8,10-17,28H2,(H,30,31,32). The van der Waals surface area contributed by atoms with Gasteiger partial charge in [-0.3, -0.25) is 4.90 Å². The van der Waals surface area contributed by atoms with Crippen LogP contribution in [-0.2, 0) is 9.47 Å². The largest absolute Gasteiger partial charge is 0.488 e. The smallest absolute Gasteiger partial charge is 0.227 e. The molecule has 5 rings (SSSR count). The number of nitrogens with two attached hydrogens (primary N) is 1. The molecule has 0 bridgehead atoms. The predicted molar refractivity (Wildman–Crippen MR) is 142 cm³/mol. The Morgan fingerprint density at radius 1 is 0.972 bits per heavy atom. The fourth-order valence-electron chi connectivity index (χ4n) is 4.39. The minimum atomic E-state index is 0.145. The minimum absolute atomic E-state index is 0.145. The second-order valence-electron chi connectivity index (χ2n) is 9.03. The molecule has 36 heavy (non-hydrogen) atoms. The van der Waals surface area contributed by atoms with Gasteiger partial charge in [0.15, 0.2) is 0 Å². The molecule has 3 aromatic rings. The maximum absolute atomic E-state index is 6.31. The SMILES string of the molecule is Nc1cc(-c2ccnc(Nc3cccc(NCCN4CCOCC4)c3)n2)ccc1OC1CCOCC1. The van der Waals surface area contributed by atoms with Crippen molar-refractivity contribution in [3.63, 3.8) is 0 Å². The summed E-state index contributed by atoms with van der Waals surface area (Å²) < 4.78 is 16.9. The second-order valence-corrected chi connectivity index (χ2v) is 9.03. The molecule has 9 nitrogen and oxygen atoms in total. The molecule has 4 N–H and O–H groups in total. The normalized spacial score (nSPS) is 17.0. The third kappa shape index (κ3) is 6.63. The Hall–Kier alpha value is -3.40. The van der Waals surface area contributed by atoms with E-state index in [1.54, 1.807) is 6.20 Å². The average molecular weight is 491 g/mol. The van der Waals surface area contributed by atoms with Gasteiger partial charge in [-0.05, 0) is 42.5 Å². The van der Waals surface area contributed by atoms with Crippen LogP contribution in [0.3, 0.4) is 0 Å². The number of benzene rings is 2. The van der Waals surface area contributed by atoms with Crippen molar-refractivity contribution in [1.29, 1.82) is 0 Å². The lowest BCUT2D eigenvalue weighted by Crippen LogP contribution is -2.38. The molecule has 0 unspecified atom stereocenters. The van der Waals surface area contributed by atoms with Crippen LogP contribution in [0.5, 0.6) is 5.75 Å². The lowest BCUT2D eigenvalue weighted by Gasteiger charge is -2.26. The minimum Gasteiger partial charge on any atom is -0.488 e. The summed E-state index contributed by atoms with van der Waals surface area (Å²) in [4.78, 5) is 11.5. The van der Waals surface area contributed by atoms with Crippen LogP contribution >= 0.6 is 0 Å². The summed E-state index contributed by atoms with van der Waals surface area (Å²) in [5.41, 5.74) is 10.6. The quantitative estimate of drug-likeness (QED) is 0.386. The van der Waals surface area contributed by atoms with E-state index in [0.717, 1.165) is 88.1 Å². The topological polar surface area (TPSA) is 107 Å². The van der Waals surface area contributed by atoms with Crippen molar-refractivity contribution in [2.45, 2.75) is 18.9 Å². The third-order valence-corrected chi connectivity index (χ3v) is 6.40. The molecular formula is C27H34N6O3. The molecule has 2 aliphatic heterocycles. The fourth-order valence-corrected chi connectivity index (χ4v) is 4.39. The molecule has 190 valence electrons. The van der Waals surface area contributed by atoms with Crippen molar-refractivity contribution in [2.24, 2.45) is 0 Å². The van der Waals surface area contributed by atoms with Crippen LogP contribution in [0.1, 0.15) is 12.8 Å². The molecule has 2 aromatic carbocycles. The van der Waals surface area contributed by atoms with Gasteiger partial charge in [-0.15, -0.1) is 0 Å². The van der Waals surface area contributed by atoms with E-state index in [0.29, 0.717) is 17.4 Å². The van der Waals surface area contributed by atoms with E-state index in [1.807, 2.05) is 36.4 Å². The molecule has 9 heteroatoms. The fraction of sp³-hybridized carbons (Fsp3) is 0.407. The molecule has 0 radical (unpaired) electrons. The van der Waals surface area contributed by atoms with Crippen LogP contribution in [0.2, 0.25) is 0 Å². The Balaban J connectivity index is 1.20. The molecule has 2 saturated heterocycles. The van der Waals surface area contributed by atoms with Crippen LogP contribution in [0.4, 0.5) is 23.0 Å². The molecule has 3 heterocycles. The second kappa shape index (κ2) is 12.0. The summed E-state index contributed by atoms with van der Waals surface area (Å²) in [6.07, 6.45) is 3.66. The summed E-state index contributed by atoms with van der Waals surface area (Å²) in [7, 11) is 0. The van der Waals surface area contributed by atoms with Crippen molar-refractivity contribution in [3.8, 4) is 17.0 Å². The zero-order valence-corrected chi connectivity index (χ0v) is 20.5. The highest BCUT2D eigenvalue weighted by molar-refractivity contribution is 5.69. The predicted octanol–water partition coefficient (Wildman–Crippen LogP) is 3.77. The highest BCUT2D eigenvalue weighted by Gasteiger charge is 2.17. The molecule has 1 aromatic heterocycles. The number of morpholine rings is 1. The lowest BCUT2D eigenvalue weighted by atomic mass is 10.1. The Labute approximate surface area is 212 Å². The van der Waals surface area contributed by atoms with E-state index in [1.165, 1.54) is 0 Å². The average Bonchev–Trinajstić information content (AvgIpc) is 2.91. The number of nitrogens with zero attached hydrogens (tertiary/aromatic N) is 3. The Bertz CT molecular complexity index is 1130. The zero-order chi connectivity index (χ0) is 24.6. The molecule has 0 atom stereocenters. The lowest BCUT2D eigenvalue weighted by molar-refractivity contribution is 0.0259. The van der Waals surface area contributed by atoms with Crippen LogP contribution in [0, 0.1) is 0 Å². The van der Waals surface area contributed by atoms with Gasteiger partial charge in [0.2, 0.25) is 5.95 Å². The van der Waals surface area contributed by atoms with Crippen molar-refractivity contribution in [3.05, 3.63) is 54.7 Å². The van der Waals surface area contributed by atoms with Gasteiger partial charge in [-0.25, -0.2) is 9.97 Å². The van der Waals surface area contributed by atoms with Gasteiger partial charge in [0.25, 0.3) is 0 Å². The zero-order valence-electron chi connectivity index (χ0n) is 20.5. The van der Waals surface area contributed by atoms with E-state index < -0.39 is 0 Å². The molecule has 0 saturated carbocycles. The van der Waals surface area contributed by atoms with Gasteiger partial charge < -0.3 is 30.6 Å². The Morgan fingerprint density at radius 3 is 2.61 bits per heavy atom. The first kappa shape index (κ1) is 24.3. The number of rotatable bonds is 9. The monoisotopic (exact) mass is 490 g/mol. The number of nitrogen functional groups attached to an aromatic ring is 1. The maximum Gasteiger partial charge on any atom is 0.227 e. The first-order valence-electron chi connectivity index (χ1n) is 12.6. The van der Waals surface area contributed by atoms with E-state index in [2.05, 4.69) is 32.7 Å². The summed E-state index contributed by atoms with van der Waals surface area (Å²) in [5.74, 6) is 1.23. The van der Waals surface area contributed by atoms with Crippen molar-refractivity contribution in [1.82, 2.24) is 14.9 Å². The van der Waals surface area contributed by atoms with Crippen molar-refractivity contribution >= 4 is 23.0 Å². The number of nitrogens with one attached hydrogen (secondary N) is 2. The van der Waals surface area contributed by atoms with Crippen LogP contribution in [0.15, 0.2) is 54.7 Å². The first-order valence-corrected chi connectivity index (χ1v) is 12.6. The van der Waals surface area contributed by atoms with E-state index in [-0.39, 0.29) is 6.10 Å². The van der Waals surface area contributed by atoms with Gasteiger partial charge in [0.1, 0.15) is 11.9 Å². The van der Waals surface area contributed by atoms with E-state index >= 15 is 0 Å². The van der Waals surface area contributed by atoms with E-state index in [4.69, 9.17) is 24.9 Å². The maximum atomic E-state index is 6.31. The van der Waals surface area contributed by atoms with Crippen molar-refractivity contribution in [2.75, 3.05) is 69.0 Å². The number of aromatic nitrogens is 2. The van der Waals surface area contributed by atoms with Crippen LogP contribution in [-0.4, -0.2) is 73.6 Å². The van der Waals surface area contributed by atoms with Crippen LogP contribution < -0.4 is 21.1 Å². The number of anilines is 4. The highest BCUT2D eigenvalue weighted by Crippen LogP contribution is 2.30. The highest BCUT2D eigenvalue weighted by atomic mass is 16.5. The molecule has 2 aliphatic rings. The molecule has 2 fully saturated rings. The molecule has 0 aliphatic carbocycles. The van der Waals surface area contributed by atoms with E-state index in [9.17, 15) is 0 Å². The van der Waals surface area contributed by atoms with Gasteiger partial charge in [0.05, 0.1) is 37.8 Å². The van der Waals surface area contributed by atoms with Gasteiger partial charge in [0, 0.05) is 62.2 Å². The van der Waals surface area contributed by atoms with Crippen LogP contribution in [0.25, 0.3) is 11.3 Å². The van der Waals surface area contributed by atoms with Gasteiger partial charge in [-0.2, -0.15) is 0 Å². The number of hydrogen-bond acceptors (Lipinski definition) is 9. The molecule has 0 spiro atoms. The molecular weight excluding hydrogens is 456 g/mol. The van der Waals surface area contributed by atoms with Gasteiger partial charge >= 0.3 is 0 Å². The Morgan fingerprint density at radius 2 is 1.78 bits per heavy atom. The summed E-state index contributed by atoms with van der Waals surface area (Å²) in [6, 6.07) is 15.8. The molecule has 0 amide bonds.